The van der Waals surface area contributed by atoms with Gasteiger partial charge in [-0.15, -0.1) is 0 Å². The quantitative estimate of drug-likeness (QED) is 0.861. The molecule has 1 heterocycles. The SMILES string of the molecule is CCOCc1nc(C(C)(C)C)c(I)c(=O)[nH]1. The van der Waals surface area contributed by atoms with E-state index in [0.29, 0.717) is 22.6 Å². The second kappa shape index (κ2) is 5.27. The minimum absolute atomic E-state index is 0.0878. The zero-order valence-electron chi connectivity index (χ0n) is 10.1. The van der Waals surface area contributed by atoms with Crippen LogP contribution in [0.25, 0.3) is 0 Å². The fourth-order valence-electron chi connectivity index (χ4n) is 1.27. The molecule has 1 aromatic heterocycles. The fourth-order valence-corrected chi connectivity index (χ4v) is 2.33. The largest absolute Gasteiger partial charge is 0.374 e. The Hall–Kier alpha value is -0.430. The van der Waals surface area contributed by atoms with Crippen LogP contribution in [0.1, 0.15) is 39.2 Å². The van der Waals surface area contributed by atoms with Gasteiger partial charge in [-0.3, -0.25) is 4.79 Å². The Balaban J connectivity index is 3.18. The number of hydrogen-bond donors (Lipinski definition) is 1. The van der Waals surface area contributed by atoms with Gasteiger partial charge in [-0.25, -0.2) is 4.98 Å². The van der Waals surface area contributed by atoms with Crippen LogP contribution in [0.15, 0.2) is 4.79 Å². The minimum Gasteiger partial charge on any atom is -0.374 e. The Bertz CT molecular complexity index is 421. The van der Waals surface area contributed by atoms with Gasteiger partial charge in [-0.2, -0.15) is 0 Å². The molecule has 0 saturated heterocycles. The number of aromatic nitrogens is 2. The molecule has 0 radical (unpaired) electrons. The molecule has 0 bridgehead atoms. The van der Waals surface area contributed by atoms with E-state index in [1.807, 2.05) is 50.3 Å². The van der Waals surface area contributed by atoms with E-state index in [1.165, 1.54) is 0 Å². The highest BCUT2D eigenvalue weighted by molar-refractivity contribution is 14.1. The van der Waals surface area contributed by atoms with Crippen LogP contribution in [0.2, 0.25) is 0 Å². The third-order valence-electron chi connectivity index (χ3n) is 2.07. The highest BCUT2D eigenvalue weighted by atomic mass is 127. The molecule has 0 aromatic carbocycles. The molecule has 1 aromatic rings. The lowest BCUT2D eigenvalue weighted by atomic mass is 9.92. The number of nitrogens with zero attached hydrogens (tertiary/aromatic N) is 1. The molecule has 5 heteroatoms. The monoisotopic (exact) mass is 336 g/mol. The first-order chi connectivity index (χ1) is 7.36. The summed E-state index contributed by atoms with van der Waals surface area (Å²) in [5.41, 5.74) is 0.605. The van der Waals surface area contributed by atoms with Gasteiger partial charge in [0.2, 0.25) is 0 Å². The van der Waals surface area contributed by atoms with E-state index >= 15 is 0 Å². The summed E-state index contributed by atoms with van der Waals surface area (Å²) in [5.74, 6) is 0.595. The standard InChI is InChI=1S/C11H17IN2O2/c1-5-16-6-7-13-9(11(2,3)4)8(12)10(15)14-7/h5-6H2,1-4H3,(H,13,14,15). The lowest BCUT2D eigenvalue weighted by Crippen LogP contribution is -2.25. The summed E-state index contributed by atoms with van der Waals surface area (Å²) < 4.78 is 5.90. The third kappa shape index (κ3) is 3.28. The van der Waals surface area contributed by atoms with Crippen molar-refractivity contribution < 1.29 is 4.74 Å². The summed E-state index contributed by atoms with van der Waals surface area (Å²) in [4.78, 5) is 18.9. The number of aromatic amines is 1. The number of H-pyrrole nitrogens is 1. The van der Waals surface area contributed by atoms with Crippen molar-refractivity contribution in [2.45, 2.75) is 39.7 Å². The Morgan fingerprint density at radius 3 is 2.56 bits per heavy atom. The summed E-state index contributed by atoms with van der Waals surface area (Å²) in [5, 5.41) is 0. The number of rotatable bonds is 3. The molecule has 0 aliphatic rings. The van der Waals surface area contributed by atoms with E-state index in [1.54, 1.807) is 0 Å². The predicted octanol–water partition coefficient (Wildman–Crippen LogP) is 2.21. The fraction of sp³-hybridized carbons (Fsp3) is 0.636. The van der Waals surface area contributed by atoms with Crippen LogP contribution in [-0.2, 0) is 16.8 Å². The summed E-state index contributed by atoms with van der Waals surface area (Å²) >= 11 is 2.04. The molecule has 0 atom stereocenters. The lowest BCUT2D eigenvalue weighted by Gasteiger charge is -2.19. The topological polar surface area (TPSA) is 55.0 Å². The second-order valence-corrected chi connectivity index (χ2v) is 5.64. The molecule has 0 spiro atoms. The van der Waals surface area contributed by atoms with E-state index in [-0.39, 0.29) is 11.0 Å². The maximum atomic E-state index is 11.7. The molecule has 0 unspecified atom stereocenters. The van der Waals surface area contributed by atoms with Gasteiger partial charge in [0, 0.05) is 12.0 Å². The molecule has 16 heavy (non-hydrogen) atoms. The molecular weight excluding hydrogens is 319 g/mol. The van der Waals surface area contributed by atoms with E-state index < -0.39 is 0 Å². The maximum Gasteiger partial charge on any atom is 0.264 e. The van der Waals surface area contributed by atoms with E-state index in [9.17, 15) is 4.79 Å². The lowest BCUT2D eigenvalue weighted by molar-refractivity contribution is 0.127. The van der Waals surface area contributed by atoms with E-state index in [2.05, 4.69) is 9.97 Å². The Morgan fingerprint density at radius 2 is 2.06 bits per heavy atom. The highest BCUT2D eigenvalue weighted by Crippen LogP contribution is 2.22. The molecule has 1 N–H and O–H groups in total. The van der Waals surface area contributed by atoms with Gasteiger partial charge >= 0.3 is 0 Å². The predicted molar refractivity (Wildman–Crippen MR) is 71.6 cm³/mol. The second-order valence-electron chi connectivity index (χ2n) is 4.56. The van der Waals surface area contributed by atoms with Crippen molar-refractivity contribution >= 4 is 22.6 Å². The van der Waals surface area contributed by atoms with Crippen molar-refractivity contribution in [2.75, 3.05) is 6.61 Å². The normalized spacial score (nSPS) is 11.8. The molecule has 0 fully saturated rings. The zero-order chi connectivity index (χ0) is 12.3. The van der Waals surface area contributed by atoms with Crippen LogP contribution in [0.5, 0.6) is 0 Å². The van der Waals surface area contributed by atoms with Crippen LogP contribution >= 0.6 is 22.6 Å². The summed E-state index contributed by atoms with van der Waals surface area (Å²) in [6, 6.07) is 0. The van der Waals surface area contributed by atoms with Gasteiger partial charge in [0.15, 0.2) is 0 Å². The van der Waals surface area contributed by atoms with E-state index in [0.717, 1.165) is 5.69 Å². The molecule has 4 nitrogen and oxygen atoms in total. The average molecular weight is 336 g/mol. The van der Waals surface area contributed by atoms with Crippen molar-refractivity contribution in [1.29, 1.82) is 0 Å². The Morgan fingerprint density at radius 1 is 1.44 bits per heavy atom. The van der Waals surface area contributed by atoms with E-state index in [4.69, 9.17) is 4.74 Å². The molecule has 0 aliphatic carbocycles. The first-order valence-corrected chi connectivity index (χ1v) is 6.31. The third-order valence-corrected chi connectivity index (χ3v) is 3.07. The number of nitrogens with one attached hydrogen (secondary N) is 1. The van der Waals surface area contributed by atoms with Gasteiger partial charge in [0.05, 0.1) is 5.69 Å². The summed E-state index contributed by atoms with van der Waals surface area (Å²) in [6.07, 6.45) is 0. The molecule has 0 amide bonds. The first-order valence-electron chi connectivity index (χ1n) is 5.23. The molecular formula is C11H17IN2O2. The number of ether oxygens (including phenoxy) is 1. The first kappa shape index (κ1) is 13.6. The Labute approximate surface area is 109 Å². The van der Waals surface area contributed by atoms with Crippen LogP contribution in [0.4, 0.5) is 0 Å². The van der Waals surface area contributed by atoms with Crippen LogP contribution < -0.4 is 5.56 Å². The summed E-state index contributed by atoms with van der Waals surface area (Å²) in [6.45, 7) is 9.01. The van der Waals surface area contributed by atoms with Crippen LogP contribution in [0.3, 0.4) is 0 Å². The van der Waals surface area contributed by atoms with Gasteiger partial charge in [0.25, 0.3) is 5.56 Å². The molecule has 1 rings (SSSR count). The van der Waals surface area contributed by atoms with Crippen molar-refractivity contribution in [3.05, 3.63) is 25.4 Å². The van der Waals surface area contributed by atoms with Gasteiger partial charge < -0.3 is 9.72 Å². The van der Waals surface area contributed by atoms with Gasteiger partial charge in [-0.1, -0.05) is 20.8 Å². The molecule has 0 saturated carbocycles. The van der Waals surface area contributed by atoms with Crippen molar-refractivity contribution in [3.8, 4) is 0 Å². The minimum atomic E-state index is -0.133. The smallest absolute Gasteiger partial charge is 0.264 e. The average Bonchev–Trinajstić information content (AvgIpc) is 2.17. The van der Waals surface area contributed by atoms with Crippen LogP contribution in [0, 0.1) is 3.57 Å². The van der Waals surface area contributed by atoms with Crippen LogP contribution in [-0.4, -0.2) is 16.6 Å². The van der Waals surface area contributed by atoms with Gasteiger partial charge in [0.1, 0.15) is 16.0 Å². The van der Waals surface area contributed by atoms with Crippen molar-refractivity contribution in [1.82, 2.24) is 9.97 Å². The zero-order valence-corrected chi connectivity index (χ0v) is 12.2. The van der Waals surface area contributed by atoms with Gasteiger partial charge in [-0.05, 0) is 29.5 Å². The number of halogens is 1. The molecule has 90 valence electrons. The highest BCUT2D eigenvalue weighted by Gasteiger charge is 2.21. The van der Waals surface area contributed by atoms with Crippen molar-refractivity contribution in [3.63, 3.8) is 0 Å². The number of hydrogen-bond acceptors (Lipinski definition) is 3. The maximum absolute atomic E-state index is 11.7. The van der Waals surface area contributed by atoms with Crippen molar-refractivity contribution in [2.24, 2.45) is 0 Å². The Kier molecular flexibility index (Phi) is 4.49. The molecule has 0 aliphatic heterocycles. The summed E-state index contributed by atoms with van der Waals surface area (Å²) in [7, 11) is 0.